The second-order valence-electron chi connectivity index (χ2n) is 10.1. The molecule has 0 aliphatic heterocycles. The van der Waals surface area contributed by atoms with Crippen LogP contribution in [0.25, 0.3) is 0 Å². The average molecular weight is 365 g/mol. The Labute approximate surface area is 156 Å². The summed E-state index contributed by atoms with van der Waals surface area (Å²) in [5, 5.41) is 26.2. The van der Waals surface area contributed by atoms with Crippen LogP contribution in [0, 0.1) is 28.6 Å². The van der Waals surface area contributed by atoms with Crippen LogP contribution in [0.3, 0.4) is 0 Å². The molecule has 0 spiro atoms. The highest BCUT2D eigenvalue weighted by molar-refractivity contribution is 5.75. The summed E-state index contributed by atoms with van der Waals surface area (Å²) < 4.78 is 0. The van der Waals surface area contributed by atoms with Crippen LogP contribution in [0.1, 0.15) is 71.6 Å². The van der Waals surface area contributed by atoms with E-state index in [1.807, 2.05) is 0 Å². The first-order chi connectivity index (χ1) is 12.2. The fourth-order valence-electron chi connectivity index (χ4n) is 7.56. The minimum absolute atomic E-state index is 0.0477. The number of nitrogens with one attached hydrogen (secondary N) is 1. The van der Waals surface area contributed by atoms with Crippen molar-refractivity contribution in [2.75, 3.05) is 0 Å². The fourth-order valence-corrected chi connectivity index (χ4v) is 7.56. The minimum Gasteiger partial charge on any atom is -0.393 e. The van der Waals surface area contributed by atoms with Crippen molar-refractivity contribution in [1.29, 1.82) is 0 Å². The minimum atomic E-state index is -0.642. The summed E-state index contributed by atoms with van der Waals surface area (Å²) >= 11 is 0. The van der Waals surface area contributed by atoms with Gasteiger partial charge in [0.25, 0.3) is 0 Å². The summed E-state index contributed by atoms with van der Waals surface area (Å²) in [5.41, 5.74) is 13.6. The Bertz CT molecular complexity index is 594. The van der Waals surface area contributed by atoms with Crippen LogP contribution >= 0.6 is 0 Å². The van der Waals surface area contributed by atoms with E-state index in [0.717, 1.165) is 57.8 Å². The first-order valence-corrected chi connectivity index (χ1v) is 10.5. The summed E-state index contributed by atoms with van der Waals surface area (Å²) in [6, 6.07) is 0.120. The molecule has 0 saturated heterocycles. The van der Waals surface area contributed by atoms with Gasteiger partial charge in [-0.1, -0.05) is 13.8 Å². The largest absolute Gasteiger partial charge is 0.393 e. The third kappa shape index (κ3) is 2.40. The lowest BCUT2D eigenvalue weighted by Crippen LogP contribution is -2.64. The zero-order chi connectivity index (χ0) is 18.7. The van der Waals surface area contributed by atoms with Crippen LogP contribution in [-0.4, -0.2) is 33.9 Å². The molecule has 26 heavy (non-hydrogen) atoms. The molecule has 4 saturated carbocycles. The van der Waals surface area contributed by atoms with Gasteiger partial charge in [0.15, 0.2) is 0 Å². The van der Waals surface area contributed by atoms with Gasteiger partial charge >= 0.3 is 0 Å². The third-order valence-electron chi connectivity index (χ3n) is 9.17. The van der Waals surface area contributed by atoms with E-state index in [0.29, 0.717) is 17.8 Å². The van der Waals surface area contributed by atoms with Gasteiger partial charge in [-0.25, -0.2) is 0 Å². The zero-order valence-electron chi connectivity index (χ0n) is 16.2. The maximum atomic E-state index is 12.0. The van der Waals surface area contributed by atoms with Crippen LogP contribution in [0.15, 0.2) is 5.10 Å². The second-order valence-corrected chi connectivity index (χ2v) is 10.1. The molecule has 3 unspecified atom stereocenters. The first-order valence-electron chi connectivity index (χ1n) is 10.5. The number of guanidine groups is 1. The molecule has 148 valence electrons. The standard InChI is InChI=1S/C20H36N4O2/c1-18-8-5-13(25)11-12(18)3-4-15-14(18)6-9-19(2)16(23-24-17(21)22)7-10-20(15,19)26/h12-16,23,25-26H,3-11H2,1-2H3,(H4,21,22,24)/t12?,13?,14-,15-,16?,18+,19-,20-/m1/s1. The predicted octanol–water partition coefficient (Wildman–Crippen LogP) is 1.65. The molecule has 8 atom stereocenters. The van der Waals surface area contributed by atoms with E-state index in [4.69, 9.17) is 11.5 Å². The van der Waals surface area contributed by atoms with E-state index >= 15 is 0 Å². The van der Waals surface area contributed by atoms with Crippen LogP contribution in [0.5, 0.6) is 0 Å². The Morgan fingerprint density at radius 3 is 2.50 bits per heavy atom. The van der Waals surface area contributed by atoms with E-state index in [2.05, 4.69) is 24.4 Å². The summed E-state index contributed by atoms with van der Waals surface area (Å²) in [5.74, 6) is 1.57. The summed E-state index contributed by atoms with van der Waals surface area (Å²) in [6.07, 6.45) is 8.96. The van der Waals surface area contributed by atoms with E-state index in [1.54, 1.807) is 0 Å². The van der Waals surface area contributed by atoms with E-state index < -0.39 is 5.60 Å². The third-order valence-corrected chi connectivity index (χ3v) is 9.17. The Hall–Kier alpha value is -1.01. The van der Waals surface area contributed by atoms with E-state index in [9.17, 15) is 10.2 Å². The monoisotopic (exact) mass is 364 g/mol. The number of rotatable bonds is 2. The Morgan fingerprint density at radius 2 is 1.77 bits per heavy atom. The molecule has 0 radical (unpaired) electrons. The van der Waals surface area contributed by atoms with Gasteiger partial charge in [0.2, 0.25) is 5.96 Å². The van der Waals surface area contributed by atoms with Crippen LogP contribution in [-0.2, 0) is 0 Å². The van der Waals surface area contributed by atoms with Crippen molar-refractivity contribution in [3.8, 4) is 0 Å². The normalized spacial score (nSPS) is 53.2. The lowest BCUT2D eigenvalue weighted by Gasteiger charge is -2.63. The molecule has 0 amide bonds. The molecule has 4 rings (SSSR count). The fraction of sp³-hybridized carbons (Fsp3) is 0.950. The van der Waals surface area contributed by atoms with E-state index in [-0.39, 0.29) is 28.9 Å². The lowest BCUT2D eigenvalue weighted by molar-refractivity contribution is -0.206. The average Bonchev–Trinajstić information content (AvgIpc) is 2.85. The van der Waals surface area contributed by atoms with Crippen molar-refractivity contribution in [1.82, 2.24) is 5.43 Å². The molecule has 0 aromatic carbocycles. The molecule has 4 fully saturated rings. The number of aliphatic hydroxyl groups is 2. The van der Waals surface area contributed by atoms with Crippen LogP contribution in [0.4, 0.5) is 0 Å². The number of nitrogens with two attached hydrogens (primary N) is 2. The predicted molar refractivity (Wildman–Crippen MR) is 102 cm³/mol. The highest BCUT2D eigenvalue weighted by atomic mass is 16.3. The Balaban J connectivity index is 1.61. The Morgan fingerprint density at radius 1 is 1.00 bits per heavy atom. The van der Waals surface area contributed by atoms with E-state index in [1.165, 1.54) is 0 Å². The highest BCUT2D eigenvalue weighted by Crippen LogP contribution is 2.67. The van der Waals surface area contributed by atoms with Gasteiger partial charge in [0, 0.05) is 5.41 Å². The number of nitrogens with zero attached hydrogens (tertiary/aromatic N) is 1. The molecule has 7 N–H and O–H groups in total. The summed E-state index contributed by atoms with van der Waals surface area (Å²) in [4.78, 5) is 0. The van der Waals surface area contributed by atoms with Gasteiger partial charge in [-0.3, -0.25) is 0 Å². The first kappa shape index (κ1) is 18.4. The molecular weight excluding hydrogens is 328 g/mol. The van der Waals surface area contributed by atoms with Gasteiger partial charge in [-0.15, -0.1) is 5.10 Å². The van der Waals surface area contributed by atoms with Gasteiger partial charge in [-0.05, 0) is 81.0 Å². The van der Waals surface area contributed by atoms with Gasteiger partial charge < -0.3 is 27.1 Å². The molecule has 4 aliphatic carbocycles. The topological polar surface area (TPSA) is 117 Å². The Kier molecular flexibility index (Phi) is 4.23. The molecule has 0 aromatic rings. The van der Waals surface area contributed by atoms with Crippen molar-refractivity contribution < 1.29 is 10.2 Å². The second kappa shape index (κ2) is 5.99. The molecule has 0 bridgehead atoms. The molecule has 6 nitrogen and oxygen atoms in total. The smallest absolute Gasteiger partial charge is 0.208 e. The van der Waals surface area contributed by atoms with Gasteiger partial charge in [0.1, 0.15) is 0 Å². The van der Waals surface area contributed by atoms with Crippen molar-refractivity contribution >= 4 is 5.96 Å². The maximum absolute atomic E-state index is 12.0. The van der Waals surface area contributed by atoms with Crippen LogP contribution < -0.4 is 16.9 Å². The van der Waals surface area contributed by atoms with Crippen molar-refractivity contribution in [3.63, 3.8) is 0 Å². The van der Waals surface area contributed by atoms with Crippen molar-refractivity contribution in [2.45, 2.75) is 89.4 Å². The van der Waals surface area contributed by atoms with Gasteiger partial charge in [0.05, 0.1) is 17.7 Å². The zero-order valence-corrected chi connectivity index (χ0v) is 16.2. The maximum Gasteiger partial charge on any atom is 0.208 e. The quantitative estimate of drug-likeness (QED) is 0.290. The van der Waals surface area contributed by atoms with Crippen LogP contribution in [0.2, 0.25) is 0 Å². The number of hydrazone groups is 1. The molecule has 4 aliphatic rings. The summed E-state index contributed by atoms with van der Waals surface area (Å²) in [6.45, 7) is 4.67. The number of hydrogen-bond acceptors (Lipinski definition) is 4. The number of aliphatic hydroxyl groups excluding tert-OH is 1. The SMILES string of the molecule is C[C@]12CCC(O)CC1CC[C@@H]1[C@H]2CC[C@]2(C)C(NN=C(N)N)CC[C@@]12O. The lowest BCUT2D eigenvalue weighted by atomic mass is 9.43. The highest BCUT2D eigenvalue weighted by Gasteiger charge is 2.67. The number of hydrogen-bond donors (Lipinski definition) is 5. The molecule has 0 aromatic heterocycles. The van der Waals surface area contributed by atoms with Gasteiger partial charge in [-0.2, -0.15) is 0 Å². The molecular formula is C20H36N4O2. The van der Waals surface area contributed by atoms with Crippen molar-refractivity contribution in [2.24, 2.45) is 45.2 Å². The molecule has 0 heterocycles. The van der Waals surface area contributed by atoms with Crippen molar-refractivity contribution in [3.05, 3.63) is 0 Å². The number of fused-ring (bicyclic) bond motifs is 5. The molecule has 6 heteroatoms. The summed E-state index contributed by atoms with van der Waals surface area (Å²) in [7, 11) is 0.